The number of hydrogen-bond acceptors (Lipinski definition) is 6. The molecule has 1 aliphatic carbocycles. The van der Waals surface area contributed by atoms with E-state index in [2.05, 4.69) is 15.3 Å². The zero-order chi connectivity index (χ0) is 12.0. The monoisotopic (exact) mass is 252 g/mol. The molecule has 0 N–H and O–H groups in total. The predicted molar refractivity (Wildman–Crippen MR) is 61.0 cm³/mol. The fourth-order valence-corrected chi connectivity index (χ4v) is 2.99. The highest BCUT2D eigenvalue weighted by Gasteiger charge is 2.55. The van der Waals surface area contributed by atoms with Gasteiger partial charge in [0.15, 0.2) is 5.82 Å². The normalized spacial score (nSPS) is 17.3. The lowest BCUT2D eigenvalue weighted by Gasteiger charge is -2.07. The average molecular weight is 252 g/mol. The van der Waals surface area contributed by atoms with E-state index in [1.165, 1.54) is 18.4 Å². The van der Waals surface area contributed by atoms with Crippen LogP contribution in [0.5, 0.6) is 0 Å². The first-order chi connectivity index (χ1) is 8.21. The molecule has 0 amide bonds. The number of aryl methyl sites for hydroxylation is 1. The summed E-state index contributed by atoms with van der Waals surface area (Å²) in [5.74, 6) is 0.628. The summed E-state index contributed by atoms with van der Waals surface area (Å²) in [6.07, 6.45) is 2.39. The molecule has 0 bridgehead atoms. The third kappa shape index (κ3) is 1.38. The van der Waals surface area contributed by atoms with E-state index in [0.717, 1.165) is 35.1 Å². The largest absolute Gasteiger partial charge is 0.468 e. The fourth-order valence-electron chi connectivity index (χ4n) is 1.90. The molecule has 0 spiro atoms. The molecule has 6 nitrogen and oxygen atoms in total. The SMILES string of the molecule is CCc1nnc2sc(C3(C(=O)OC)CC3)nn12. The lowest BCUT2D eigenvalue weighted by Crippen LogP contribution is -2.22. The molecule has 0 atom stereocenters. The van der Waals surface area contributed by atoms with E-state index in [0.29, 0.717) is 0 Å². The summed E-state index contributed by atoms with van der Waals surface area (Å²) in [7, 11) is 1.42. The van der Waals surface area contributed by atoms with Crippen molar-refractivity contribution in [2.75, 3.05) is 7.11 Å². The van der Waals surface area contributed by atoms with Gasteiger partial charge in [0.2, 0.25) is 4.96 Å². The lowest BCUT2D eigenvalue weighted by molar-refractivity contribution is -0.143. The van der Waals surface area contributed by atoms with Gasteiger partial charge in [-0.25, -0.2) is 0 Å². The van der Waals surface area contributed by atoms with Gasteiger partial charge in [0.1, 0.15) is 10.4 Å². The summed E-state index contributed by atoms with van der Waals surface area (Å²) in [5.41, 5.74) is -0.509. The molecule has 90 valence electrons. The van der Waals surface area contributed by atoms with Crippen LogP contribution in [-0.2, 0) is 21.4 Å². The Morgan fingerprint density at radius 1 is 1.53 bits per heavy atom. The van der Waals surface area contributed by atoms with Crippen molar-refractivity contribution in [3.8, 4) is 0 Å². The van der Waals surface area contributed by atoms with E-state index in [-0.39, 0.29) is 5.97 Å². The minimum absolute atomic E-state index is 0.194. The van der Waals surface area contributed by atoms with Crippen LogP contribution in [0.15, 0.2) is 0 Å². The van der Waals surface area contributed by atoms with Crippen molar-refractivity contribution in [1.29, 1.82) is 0 Å². The first kappa shape index (κ1) is 10.6. The first-order valence-electron chi connectivity index (χ1n) is 5.51. The fraction of sp³-hybridized carbons (Fsp3) is 0.600. The summed E-state index contributed by atoms with van der Waals surface area (Å²) in [4.78, 5) is 12.5. The van der Waals surface area contributed by atoms with Gasteiger partial charge in [-0.3, -0.25) is 4.79 Å². The Hall–Kier alpha value is -1.50. The third-order valence-corrected chi connectivity index (χ3v) is 4.21. The van der Waals surface area contributed by atoms with Gasteiger partial charge in [-0.1, -0.05) is 18.3 Å². The van der Waals surface area contributed by atoms with Crippen LogP contribution in [0.2, 0.25) is 0 Å². The van der Waals surface area contributed by atoms with Crippen LogP contribution < -0.4 is 0 Å². The Bertz CT molecular complexity index is 584. The summed E-state index contributed by atoms with van der Waals surface area (Å²) in [5, 5.41) is 13.3. The Labute approximate surface area is 102 Å². The number of ether oxygens (including phenoxy) is 1. The van der Waals surface area contributed by atoms with Crippen molar-refractivity contribution < 1.29 is 9.53 Å². The molecule has 7 heteroatoms. The summed E-state index contributed by atoms with van der Waals surface area (Å²) in [6, 6.07) is 0. The zero-order valence-electron chi connectivity index (χ0n) is 9.63. The van der Waals surface area contributed by atoms with Crippen LogP contribution in [-0.4, -0.2) is 32.9 Å². The molecule has 0 radical (unpaired) electrons. The molecule has 2 aromatic heterocycles. The van der Waals surface area contributed by atoms with E-state index in [9.17, 15) is 4.79 Å². The van der Waals surface area contributed by atoms with Gasteiger partial charge in [-0.2, -0.15) is 9.61 Å². The smallest absolute Gasteiger partial charge is 0.318 e. The Balaban J connectivity index is 2.07. The molecule has 17 heavy (non-hydrogen) atoms. The molecule has 0 aliphatic heterocycles. The summed E-state index contributed by atoms with van der Waals surface area (Å²) < 4.78 is 6.57. The molecule has 1 fully saturated rings. The maximum absolute atomic E-state index is 11.7. The van der Waals surface area contributed by atoms with Crippen LogP contribution in [0.25, 0.3) is 4.96 Å². The molecule has 0 saturated heterocycles. The van der Waals surface area contributed by atoms with Crippen molar-refractivity contribution in [2.45, 2.75) is 31.6 Å². The van der Waals surface area contributed by atoms with Crippen LogP contribution >= 0.6 is 11.3 Å². The van der Waals surface area contributed by atoms with Gasteiger partial charge < -0.3 is 4.74 Å². The van der Waals surface area contributed by atoms with Crippen molar-refractivity contribution in [2.24, 2.45) is 0 Å². The number of carbonyl (C=O) groups is 1. The minimum atomic E-state index is -0.509. The second-order valence-corrected chi connectivity index (χ2v) is 5.10. The van der Waals surface area contributed by atoms with Crippen molar-refractivity contribution in [3.63, 3.8) is 0 Å². The van der Waals surface area contributed by atoms with Crippen molar-refractivity contribution in [3.05, 3.63) is 10.8 Å². The van der Waals surface area contributed by atoms with Crippen LogP contribution in [0, 0.1) is 0 Å². The number of nitrogens with zero attached hydrogens (tertiary/aromatic N) is 4. The number of esters is 1. The predicted octanol–water partition coefficient (Wildman–Crippen LogP) is 0.953. The molecule has 2 aromatic rings. The Morgan fingerprint density at radius 2 is 2.29 bits per heavy atom. The molecule has 1 aliphatic rings. The zero-order valence-corrected chi connectivity index (χ0v) is 10.5. The number of methoxy groups -OCH3 is 1. The molecule has 3 rings (SSSR count). The average Bonchev–Trinajstić information content (AvgIpc) is 2.90. The Morgan fingerprint density at radius 3 is 2.88 bits per heavy atom. The quantitative estimate of drug-likeness (QED) is 0.761. The van der Waals surface area contributed by atoms with Crippen LogP contribution in [0.1, 0.15) is 30.6 Å². The van der Waals surface area contributed by atoms with Crippen molar-refractivity contribution in [1.82, 2.24) is 19.8 Å². The highest BCUT2D eigenvalue weighted by atomic mass is 32.1. The number of hydrogen-bond donors (Lipinski definition) is 0. The second kappa shape index (κ2) is 3.49. The molecular formula is C10H12N4O2S. The second-order valence-electron chi connectivity index (χ2n) is 4.15. The molecule has 1 saturated carbocycles. The van der Waals surface area contributed by atoms with Crippen molar-refractivity contribution >= 4 is 22.3 Å². The maximum atomic E-state index is 11.7. The van der Waals surface area contributed by atoms with Gasteiger partial charge in [0.25, 0.3) is 0 Å². The number of aromatic nitrogens is 4. The summed E-state index contributed by atoms with van der Waals surface area (Å²) in [6.45, 7) is 2.00. The number of carbonyl (C=O) groups excluding carboxylic acids is 1. The molecule has 0 unspecified atom stereocenters. The van der Waals surface area contributed by atoms with Gasteiger partial charge >= 0.3 is 5.97 Å². The van der Waals surface area contributed by atoms with Gasteiger partial charge in [0.05, 0.1) is 7.11 Å². The van der Waals surface area contributed by atoms with E-state index >= 15 is 0 Å². The van der Waals surface area contributed by atoms with E-state index < -0.39 is 5.41 Å². The molecular weight excluding hydrogens is 240 g/mol. The topological polar surface area (TPSA) is 69.4 Å². The lowest BCUT2D eigenvalue weighted by atomic mass is 10.1. The number of rotatable bonds is 3. The standard InChI is InChI=1S/C10H12N4O2S/c1-3-6-11-12-9-14(6)13-7(17-9)10(4-5-10)8(15)16-2/h3-5H2,1-2H3. The van der Waals surface area contributed by atoms with E-state index in [4.69, 9.17) is 4.74 Å². The number of fused-ring (bicyclic) bond motifs is 1. The van der Waals surface area contributed by atoms with Crippen LogP contribution in [0.3, 0.4) is 0 Å². The van der Waals surface area contributed by atoms with Gasteiger partial charge in [-0.15, -0.1) is 10.2 Å². The van der Waals surface area contributed by atoms with Crippen LogP contribution in [0.4, 0.5) is 0 Å². The highest BCUT2D eigenvalue weighted by molar-refractivity contribution is 7.17. The molecule has 2 heterocycles. The van der Waals surface area contributed by atoms with E-state index in [1.54, 1.807) is 4.52 Å². The molecule has 0 aromatic carbocycles. The Kier molecular flexibility index (Phi) is 2.19. The van der Waals surface area contributed by atoms with Gasteiger partial charge in [-0.05, 0) is 12.8 Å². The highest BCUT2D eigenvalue weighted by Crippen LogP contribution is 2.50. The van der Waals surface area contributed by atoms with Gasteiger partial charge in [0, 0.05) is 6.42 Å². The van der Waals surface area contributed by atoms with E-state index in [1.807, 2.05) is 6.92 Å². The first-order valence-corrected chi connectivity index (χ1v) is 6.33. The maximum Gasteiger partial charge on any atom is 0.318 e. The third-order valence-electron chi connectivity index (χ3n) is 3.11. The summed E-state index contributed by atoms with van der Waals surface area (Å²) >= 11 is 1.42. The minimum Gasteiger partial charge on any atom is -0.468 e.